The molecule has 2 aliphatic rings. The number of nitrogens with one attached hydrogen (secondary N) is 2. The van der Waals surface area contributed by atoms with Crippen LogP contribution in [0.1, 0.15) is 22.7 Å². The average molecular weight is 488 g/mol. The molecular weight excluding hydrogens is 462 g/mol. The normalized spacial score (nSPS) is 16.9. The van der Waals surface area contributed by atoms with E-state index in [0.29, 0.717) is 30.9 Å². The highest BCUT2D eigenvalue weighted by molar-refractivity contribution is 7.89. The van der Waals surface area contributed by atoms with E-state index in [9.17, 15) is 13.2 Å². The summed E-state index contributed by atoms with van der Waals surface area (Å²) in [6.45, 7) is 2.75. The minimum Gasteiger partial charge on any atom is -0.495 e. The Morgan fingerprint density at radius 1 is 1.21 bits per heavy atom. The maximum absolute atomic E-state index is 13.2. The summed E-state index contributed by atoms with van der Waals surface area (Å²) in [5, 5.41) is 7.25. The van der Waals surface area contributed by atoms with Gasteiger partial charge in [-0.05, 0) is 29.3 Å². The summed E-state index contributed by atoms with van der Waals surface area (Å²) in [7, 11) is -2.33. The number of nitrogens with zero attached hydrogens (tertiary/aromatic N) is 3. The summed E-state index contributed by atoms with van der Waals surface area (Å²) < 4.78 is 43.8. The molecule has 0 aliphatic carbocycles. The number of benzene rings is 1. The molecule has 0 saturated carbocycles. The van der Waals surface area contributed by atoms with E-state index in [1.165, 1.54) is 11.4 Å². The molecule has 1 saturated heterocycles. The van der Waals surface area contributed by atoms with Crippen LogP contribution in [0.25, 0.3) is 11.4 Å². The molecule has 34 heavy (non-hydrogen) atoms. The van der Waals surface area contributed by atoms with Crippen molar-refractivity contribution in [3.05, 3.63) is 57.3 Å². The molecule has 12 heteroatoms. The van der Waals surface area contributed by atoms with Crippen LogP contribution < -0.4 is 15.6 Å². The minimum atomic E-state index is -3.76. The van der Waals surface area contributed by atoms with Gasteiger partial charge < -0.3 is 24.3 Å². The number of fused-ring (bicyclic) bond motifs is 1. The number of rotatable bonds is 6. The monoisotopic (exact) mass is 487 g/mol. The first-order chi connectivity index (χ1) is 16.5. The van der Waals surface area contributed by atoms with Crippen molar-refractivity contribution in [2.45, 2.75) is 24.3 Å². The van der Waals surface area contributed by atoms with Crippen molar-refractivity contribution in [2.75, 3.05) is 40.0 Å². The van der Waals surface area contributed by atoms with E-state index in [1.807, 2.05) is 0 Å². The zero-order valence-corrected chi connectivity index (χ0v) is 19.5. The Morgan fingerprint density at radius 2 is 2.03 bits per heavy atom. The number of morpholine rings is 1. The van der Waals surface area contributed by atoms with Gasteiger partial charge in [0.05, 0.1) is 32.3 Å². The first kappa shape index (κ1) is 22.7. The fourth-order valence-electron chi connectivity index (χ4n) is 4.16. The van der Waals surface area contributed by atoms with Crippen LogP contribution in [0.3, 0.4) is 0 Å². The molecule has 4 heterocycles. The Kier molecular flexibility index (Phi) is 6.21. The second-order valence-corrected chi connectivity index (χ2v) is 10.0. The number of hydrogen-bond donors (Lipinski definition) is 2. The molecule has 0 radical (unpaired) electrons. The van der Waals surface area contributed by atoms with E-state index < -0.39 is 10.0 Å². The van der Waals surface area contributed by atoms with Gasteiger partial charge in [-0.1, -0.05) is 11.2 Å². The van der Waals surface area contributed by atoms with Crippen molar-refractivity contribution in [1.29, 1.82) is 0 Å². The third-order valence-corrected chi connectivity index (χ3v) is 7.88. The number of sulfonamides is 1. The van der Waals surface area contributed by atoms with Gasteiger partial charge in [0.15, 0.2) is 0 Å². The molecule has 0 unspecified atom stereocenters. The zero-order valence-electron chi connectivity index (χ0n) is 18.7. The number of pyridine rings is 1. The maximum Gasteiger partial charge on any atom is 0.259 e. The lowest BCUT2D eigenvalue weighted by atomic mass is 10.0. The van der Waals surface area contributed by atoms with E-state index in [4.69, 9.17) is 14.0 Å². The van der Waals surface area contributed by atoms with Crippen LogP contribution in [-0.2, 0) is 34.1 Å². The van der Waals surface area contributed by atoms with Crippen molar-refractivity contribution in [1.82, 2.24) is 24.7 Å². The molecule has 0 atom stereocenters. The highest BCUT2D eigenvalue weighted by atomic mass is 32.2. The third-order valence-electron chi connectivity index (χ3n) is 5.96. The van der Waals surface area contributed by atoms with Crippen LogP contribution in [0.15, 0.2) is 38.5 Å². The SMILES string of the molecule is COc1ccc(Cc2nc(-c3cc4c([nH]c3=O)CCNC4)no2)cc1S(=O)(=O)N1CCOCC1. The van der Waals surface area contributed by atoms with Crippen molar-refractivity contribution in [3.8, 4) is 17.1 Å². The van der Waals surface area contributed by atoms with E-state index in [-0.39, 0.29) is 47.4 Å². The summed E-state index contributed by atoms with van der Waals surface area (Å²) >= 11 is 0. The summed E-state index contributed by atoms with van der Waals surface area (Å²) in [5.74, 6) is 0.722. The van der Waals surface area contributed by atoms with Gasteiger partial charge in [0.1, 0.15) is 10.6 Å². The Balaban J connectivity index is 1.42. The Morgan fingerprint density at radius 3 is 2.82 bits per heavy atom. The average Bonchev–Trinajstić information content (AvgIpc) is 3.32. The van der Waals surface area contributed by atoms with E-state index in [2.05, 4.69) is 20.4 Å². The molecule has 2 aliphatic heterocycles. The Hall–Kier alpha value is -3.06. The number of aromatic amines is 1. The lowest BCUT2D eigenvalue weighted by molar-refractivity contribution is 0.0729. The summed E-state index contributed by atoms with van der Waals surface area (Å²) in [5.41, 5.74) is 2.65. The molecular formula is C22H25N5O6S. The molecule has 1 fully saturated rings. The van der Waals surface area contributed by atoms with Crippen LogP contribution in [0.5, 0.6) is 5.75 Å². The second kappa shape index (κ2) is 9.29. The molecule has 180 valence electrons. The second-order valence-electron chi connectivity index (χ2n) is 8.13. The van der Waals surface area contributed by atoms with Crippen LogP contribution in [0.2, 0.25) is 0 Å². The Labute approximate surface area is 196 Å². The lowest BCUT2D eigenvalue weighted by Crippen LogP contribution is -2.40. The van der Waals surface area contributed by atoms with Gasteiger partial charge in [-0.2, -0.15) is 9.29 Å². The molecule has 0 amide bonds. The van der Waals surface area contributed by atoms with E-state index >= 15 is 0 Å². The molecule has 1 aromatic carbocycles. The number of hydrogen-bond acceptors (Lipinski definition) is 9. The standard InChI is InChI=1S/C22H25N5O6S/c1-31-18-3-2-14(10-19(18)34(29,30)27-6-8-32-9-7-27)11-20-25-21(26-33-20)16-12-15-13-23-5-4-17(15)24-22(16)28/h2-3,10,12,23H,4-9,11,13H2,1H3,(H,24,28). The highest BCUT2D eigenvalue weighted by Crippen LogP contribution is 2.29. The van der Waals surface area contributed by atoms with Crippen LogP contribution in [0.4, 0.5) is 0 Å². The van der Waals surface area contributed by atoms with E-state index in [0.717, 1.165) is 24.2 Å². The van der Waals surface area contributed by atoms with Crippen LogP contribution in [0, 0.1) is 0 Å². The van der Waals surface area contributed by atoms with Crippen molar-refractivity contribution in [2.24, 2.45) is 0 Å². The molecule has 5 rings (SSSR count). The van der Waals surface area contributed by atoms with Gasteiger partial charge in [0, 0.05) is 38.3 Å². The fourth-order valence-corrected chi connectivity index (χ4v) is 5.78. The van der Waals surface area contributed by atoms with Crippen molar-refractivity contribution in [3.63, 3.8) is 0 Å². The molecule has 0 bridgehead atoms. The van der Waals surface area contributed by atoms with Gasteiger partial charge in [0.2, 0.25) is 21.7 Å². The van der Waals surface area contributed by atoms with Gasteiger partial charge in [-0.25, -0.2) is 8.42 Å². The van der Waals surface area contributed by atoms with Gasteiger partial charge >= 0.3 is 0 Å². The van der Waals surface area contributed by atoms with Crippen LogP contribution in [-0.4, -0.2) is 67.8 Å². The zero-order chi connectivity index (χ0) is 23.7. The van der Waals surface area contributed by atoms with Gasteiger partial charge in [0.25, 0.3) is 5.56 Å². The number of aromatic nitrogens is 3. The topological polar surface area (TPSA) is 140 Å². The minimum absolute atomic E-state index is 0.0766. The van der Waals surface area contributed by atoms with E-state index in [1.54, 1.807) is 24.3 Å². The predicted molar refractivity (Wildman–Crippen MR) is 121 cm³/mol. The first-order valence-corrected chi connectivity index (χ1v) is 12.4. The first-order valence-electron chi connectivity index (χ1n) is 11.0. The highest BCUT2D eigenvalue weighted by Gasteiger charge is 2.29. The molecule has 0 spiro atoms. The quantitative estimate of drug-likeness (QED) is 0.514. The lowest BCUT2D eigenvalue weighted by Gasteiger charge is -2.26. The van der Waals surface area contributed by atoms with Crippen LogP contribution >= 0.6 is 0 Å². The maximum atomic E-state index is 13.2. The molecule has 2 N–H and O–H groups in total. The largest absolute Gasteiger partial charge is 0.495 e. The predicted octanol–water partition coefficient (Wildman–Crippen LogP) is 0.691. The fraction of sp³-hybridized carbons (Fsp3) is 0.409. The van der Waals surface area contributed by atoms with Gasteiger partial charge in [-0.15, -0.1) is 0 Å². The number of H-pyrrole nitrogens is 1. The molecule has 11 nitrogen and oxygen atoms in total. The number of ether oxygens (including phenoxy) is 2. The smallest absolute Gasteiger partial charge is 0.259 e. The molecule has 3 aromatic rings. The van der Waals surface area contributed by atoms with Crippen molar-refractivity contribution >= 4 is 10.0 Å². The third kappa shape index (κ3) is 4.37. The Bertz CT molecular complexity index is 1360. The van der Waals surface area contributed by atoms with Gasteiger partial charge in [-0.3, -0.25) is 4.79 Å². The summed E-state index contributed by atoms with van der Waals surface area (Å²) in [4.78, 5) is 19.9. The van der Waals surface area contributed by atoms with Crippen molar-refractivity contribution < 1.29 is 22.4 Å². The summed E-state index contributed by atoms with van der Waals surface area (Å²) in [6.07, 6.45) is 0.961. The molecule has 2 aromatic heterocycles. The number of methoxy groups -OCH3 is 1. The summed E-state index contributed by atoms with van der Waals surface area (Å²) in [6, 6.07) is 6.71.